The number of fused-ring (bicyclic) bond motifs is 7. The molecule has 0 amide bonds. The fourth-order valence-corrected chi connectivity index (χ4v) is 8.66. The molecule has 0 spiro atoms. The van der Waals surface area contributed by atoms with E-state index in [0.29, 0.717) is 5.92 Å². The minimum Gasteiger partial charge on any atom is -0.309 e. The first-order valence-electron chi connectivity index (χ1n) is 17.6. The number of para-hydroxylation sites is 1. The Morgan fingerprint density at radius 3 is 1.88 bits per heavy atom. The van der Waals surface area contributed by atoms with Gasteiger partial charge < -0.3 is 4.57 Å². The van der Waals surface area contributed by atoms with Crippen molar-refractivity contribution in [2.75, 3.05) is 0 Å². The Morgan fingerprint density at radius 1 is 0.380 bits per heavy atom. The van der Waals surface area contributed by atoms with E-state index in [0.717, 1.165) is 0 Å². The highest BCUT2D eigenvalue weighted by Crippen LogP contribution is 2.52. The average molecular weight is 638 g/mol. The van der Waals surface area contributed by atoms with Crippen LogP contribution in [0.25, 0.3) is 71.6 Å². The molecule has 0 N–H and O–H groups in total. The zero-order valence-corrected chi connectivity index (χ0v) is 27.9. The summed E-state index contributed by atoms with van der Waals surface area (Å²) in [5, 5.41) is 5.06. The Labute approximate surface area is 292 Å². The molecular weight excluding hydrogens is 603 g/mol. The number of benzene rings is 8. The molecule has 50 heavy (non-hydrogen) atoms. The van der Waals surface area contributed by atoms with Gasteiger partial charge in [0.15, 0.2) is 0 Å². The second-order valence-corrected chi connectivity index (χ2v) is 13.7. The molecule has 8 aromatic carbocycles. The molecule has 10 rings (SSSR count). The van der Waals surface area contributed by atoms with Crippen LogP contribution in [0.4, 0.5) is 0 Å². The van der Waals surface area contributed by atoms with Gasteiger partial charge in [0.1, 0.15) is 0 Å². The van der Waals surface area contributed by atoms with E-state index in [2.05, 4.69) is 193 Å². The highest BCUT2D eigenvalue weighted by molar-refractivity contribution is 6.10. The summed E-state index contributed by atoms with van der Waals surface area (Å²) in [5.41, 5.74) is 15.6. The third-order valence-electron chi connectivity index (χ3n) is 11.0. The van der Waals surface area contributed by atoms with Crippen LogP contribution in [-0.2, 0) is 0 Å². The van der Waals surface area contributed by atoms with Crippen molar-refractivity contribution in [3.8, 4) is 39.1 Å². The predicted octanol–water partition coefficient (Wildman–Crippen LogP) is 13.2. The summed E-state index contributed by atoms with van der Waals surface area (Å²) in [6.07, 6.45) is 0. The second kappa shape index (κ2) is 11.5. The standard InChI is InChI=1S/C49H35N/c1-32-39-27-24-36(30-45(39)41-18-8-10-21-44(41)49(32)43-20-9-7-17-40(43)34-14-3-2-4-15-34)37-25-28-48-46(31-37)42-19-11-12-22-47(42)50(48)38-26-23-33-13-5-6-16-35(33)29-38/h2-32,49H,1H3. The van der Waals surface area contributed by atoms with Gasteiger partial charge in [0, 0.05) is 22.4 Å². The smallest absolute Gasteiger partial charge is 0.0541 e. The highest BCUT2D eigenvalue weighted by Gasteiger charge is 2.33. The van der Waals surface area contributed by atoms with Gasteiger partial charge in [-0.15, -0.1) is 0 Å². The Hall–Kier alpha value is -6.18. The van der Waals surface area contributed by atoms with Crippen LogP contribution in [-0.4, -0.2) is 4.57 Å². The van der Waals surface area contributed by atoms with Crippen LogP contribution >= 0.6 is 0 Å². The lowest BCUT2D eigenvalue weighted by molar-refractivity contribution is 0.651. The van der Waals surface area contributed by atoms with Gasteiger partial charge in [0.2, 0.25) is 0 Å². The van der Waals surface area contributed by atoms with Crippen LogP contribution < -0.4 is 0 Å². The van der Waals surface area contributed by atoms with Crippen molar-refractivity contribution in [3.63, 3.8) is 0 Å². The first-order valence-corrected chi connectivity index (χ1v) is 17.6. The van der Waals surface area contributed by atoms with E-state index in [4.69, 9.17) is 0 Å². The van der Waals surface area contributed by atoms with E-state index >= 15 is 0 Å². The molecule has 0 radical (unpaired) electrons. The molecule has 1 aromatic heterocycles. The van der Waals surface area contributed by atoms with Gasteiger partial charge in [-0.25, -0.2) is 0 Å². The van der Waals surface area contributed by atoms with Crippen molar-refractivity contribution in [1.82, 2.24) is 4.57 Å². The van der Waals surface area contributed by atoms with E-state index in [1.54, 1.807) is 0 Å². The summed E-state index contributed by atoms with van der Waals surface area (Å²) in [6, 6.07) is 67.3. The van der Waals surface area contributed by atoms with Crippen molar-refractivity contribution in [1.29, 1.82) is 0 Å². The fourth-order valence-electron chi connectivity index (χ4n) is 8.66. The minimum absolute atomic E-state index is 0.263. The molecule has 236 valence electrons. The van der Waals surface area contributed by atoms with E-state index < -0.39 is 0 Å². The van der Waals surface area contributed by atoms with Gasteiger partial charge >= 0.3 is 0 Å². The second-order valence-electron chi connectivity index (χ2n) is 13.7. The van der Waals surface area contributed by atoms with Crippen LogP contribution in [0, 0.1) is 0 Å². The summed E-state index contributed by atoms with van der Waals surface area (Å²) in [5.74, 6) is 0.583. The summed E-state index contributed by atoms with van der Waals surface area (Å²) in [6.45, 7) is 2.41. The Kier molecular flexibility index (Phi) is 6.60. The predicted molar refractivity (Wildman–Crippen MR) is 211 cm³/mol. The van der Waals surface area contributed by atoms with Crippen molar-refractivity contribution in [2.24, 2.45) is 0 Å². The molecule has 1 nitrogen and oxygen atoms in total. The Bertz CT molecular complexity index is 2730. The number of hydrogen-bond acceptors (Lipinski definition) is 0. The lowest BCUT2D eigenvalue weighted by Crippen LogP contribution is -2.17. The number of aromatic nitrogens is 1. The number of nitrogens with zero attached hydrogens (tertiary/aromatic N) is 1. The molecule has 1 heteroatoms. The van der Waals surface area contributed by atoms with Crippen molar-refractivity contribution in [3.05, 3.63) is 199 Å². The maximum absolute atomic E-state index is 2.44. The summed E-state index contributed by atoms with van der Waals surface area (Å²) in [7, 11) is 0. The number of rotatable bonds is 4. The third kappa shape index (κ3) is 4.47. The first kappa shape index (κ1) is 28.8. The molecule has 0 saturated carbocycles. The summed E-state index contributed by atoms with van der Waals surface area (Å²) in [4.78, 5) is 0. The molecular formula is C49H35N. The largest absolute Gasteiger partial charge is 0.309 e. The SMILES string of the molecule is CC1c2ccc(-c3ccc4c(c3)c3ccccc3n4-c3ccc4ccccc4c3)cc2-c2ccccc2C1c1ccccc1-c1ccccc1. The van der Waals surface area contributed by atoms with Crippen LogP contribution in [0.15, 0.2) is 182 Å². The van der Waals surface area contributed by atoms with Crippen LogP contribution in [0.5, 0.6) is 0 Å². The number of hydrogen-bond donors (Lipinski definition) is 0. The molecule has 0 saturated heterocycles. The van der Waals surface area contributed by atoms with Gasteiger partial charge in [-0.1, -0.05) is 153 Å². The Morgan fingerprint density at radius 2 is 1.02 bits per heavy atom. The zero-order valence-electron chi connectivity index (χ0n) is 27.9. The van der Waals surface area contributed by atoms with Gasteiger partial charge in [0.25, 0.3) is 0 Å². The van der Waals surface area contributed by atoms with Crippen LogP contribution in [0.1, 0.15) is 35.4 Å². The van der Waals surface area contributed by atoms with Gasteiger partial charge in [-0.2, -0.15) is 0 Å². The van der Waals surface area contributed by atoms with Crippen LogP contribution in [0.2, 0.25) is 0 Å². The van der Waals surface area contributed by atoms with Crippen molar-refractivity contribution in [2.45, 2.75) is 18.8 Å². The summed E-state index contributed by atoms with van der Waals surface area (Å²) >= 11 is 0. The lowest BCUT2D eigenvalue weighted by Gasteiger charge is -2.35. The topological polar surface area (TPSA) is 4.93 Å². The van der Waals surface area contributed by atoms with Gasteiger partial charge in [0.05, 0.1) is 11.0 Å². The normalized spacial score (nSPS) is 15.3. The fraction of sp³-hybridized carbons (Fsp3) is 0.0612. The molecule has 0 aliphatic heterocycles. The minimum atomic E-state index is 0.263. The van der Waals surface area contributed by atoms with E-state index in [1.807, 2.05) is 0 Å². The average Bonchev–Trinajstić information content (AvgIpc) is 3.52. The molecule has 2 atom stereocenters. The molecule has 0 bridgehead atoms. The summed E-state index contributed by atoms with van der Waals surface area (Å²) < 4.78 is 2.42. The van der Waals surface area contributed by atoms with Gasteiger partial charge in [-0.3, -0.25) is 0 Å². The quantitative estimate of drug-likeness (QED) is 0.181. The maximum atomic E-state index is 2.44. The first-order chi connectivity index (χ1) is 24.7. The van der Waals surface area contributed by atoms with E-state index in [-0.39, 0.29) is 5.92 Å². The zero-order chi connectivity index (χ0) is 33.2. The highest BCUT2D eigenvalue weighted by atomic mass is 15.0. The molecule has 1 aliphatic carbocycles. The van der Waals surface area contributed by atoms with Crippen molar-refractivity contribution < 1.29 is 0 Å². The van der Waals surface area contributed by atoms with Gasteiger partial charge in [-0.05, 0) is 103 Å². The van der Waals surface area contributed by atoms with E-state index in [9.17, 15) is 0 Å². The molecule has 9 aromatic rings. The monoisotopic (exact) mass is 637 g/mol. The molecule has 1 aliphatic rings. The van der Waals surface area contributed by atoms with Crippen LogP contribution in [0.3, 0.4) is 0 Å². The lowest BCUT2D eigenvalue weighted by atomic mass is 9.68. The Balaban J connectivity index is 1.10. The molecule has 0 fully saturated rings. The maximum Gasteiger partial charge on any atom is 0.0541 e. The third-order valence-corrected chi connectivity index (χ3v) is 11.0. The molecule has 2 unspecified atom stereocenters. The van der Waals surface area contributed by atoms with E-state index in [1.165, 1.54) is 88.3 Å². The molecule has 1 heterocycles. The van der Waals surface area contributed by atoms with Crippen molar-refractivity contribution >= 4 is 32.6 Å².